The Morgan fingerprint density at radius 3 is 2.77 bits per heavy atom. The van der Waals surface area contributed by atoms with E-state index in [4.69, 9.17) is 17.3 Å². The zero-order valence-electron chi connectivity index (χ0n) is 12.2. The van der Waals surface area contributed by atoms with Crippen molar-refractivity contribution in [2.75, 3.05) is 19.6 Å². The van der Waals surface area contributed by atoms with Gasteiger partial charge in [0.25, 0.3) is 5.91 Å². The molecule has 0 bridgehead atoms. The van der Waals surface area contributed by atoms with E-state index in [0.717, 1.165) is 36.5 Å². The molecule has 2 aromatic rings. The molecule has 0 atom stereocenters. The number of rotatable bonds is 3. The van der Waals surface area contributed by atoms with Crippen LogP contribution >= 0.6 is 22.9 Å². The van der Waals surface area contributed by atoms with Crippen molar-refractivity contribution in [1.82, 2.24) is 9.88 Å². The summed E-state index contributed by atoms with van der Waals surface area (Å²) in [6, 6.07) is 7.55. The van der Waals surface area contributed by atoms with Gasteiger partial charge in [0.05, 0.1) is 5.02 Å². The maximum absolute atomic E-state index is 12.5. The molecule has 0 aliphatic carbocycles. The Balaban J connectivity index is 1.74. The molecular formula is C16H18ClN3OS. The molecule has 116 valence electrons. The number of thiazole rings is 1. The number of nitrogens with zero attached hydrogens (tertiary/aromatic N) is 2. The molecule has 1 amide bonds. The highest BCUT2D eigenvalue weighted by Crippen LogP contribution is 2.30. The largest absolute Gasteiger partial charge is 0.337 e. The van der Waals surface area contributed by atoms with E-state index in [1.54, 1.807) is 0 Å². The van der Waals surface area contributed by atoms with E-state index in [-0.39, 0.29) is 5.91 Å². The van der Waals surface area contributed by atoms with E-state index in [1.165, 1.54) is 11.3 Å². The van der Waals surface area contributed by atoms with E-state index in [2.05, 4.69) is 4.98 Å². The fourth-order valence-corrected chi connectivity index (χ4v) is 3.78. The molecule has 4 nitrogen and oxygen atoms in total. The van der Waals surface area contributed by atoms with E-state index < -0.39 is 0 Å². The molecule has 1 fully saturated rings. The van der Waals surface area contributed by atoms with Gasteiger partial charge in [-0.25, -0.2) is 4.98 Å². The molecule has 6 heteroatoms. The minimum absolute atomic E-state index is 0.00465. The van der Waals surface area contributed by atoms with Gasteiger partial charge in [-0.1, -0.05) is 29.8 Å². The summed E-state index contributed by atoms with van der Waals surface area (Å²) in [7, 11) is 0. The number of benzene rings is 1. The van der Waals surface area contributed by atoms with Gasteiger partial charge in [0.15, 0.2) is 0 Å². The van der Waals surface area contributed by atoms with Crippen molar-refractivity contribution in [3.05, 3.63) is 40.4 Å². The lowest BCUT2D eigenvalue weighted by Gasteiger charge is -2.30. The van der Waals surface area contributed by atoms with Crippen LogP contribution in [0.5, 0.6) is 0 Å². The third kappa shape index (κ3) is 3.16. The first-order chi connectivity index (χ1) is 10.7. The number of hydrogen-bond donors (Lipinski definition) is 1. The van der Waals surface area contributed by atoms with Crippen LogP contribution in [0.15, 0.2) is 29.6 Å². The Morgan fingerprint density at radius 2 is 2.09 bits per heavy atom. The molecule has 0 spiro atoms. The second-order valence-corrected chi connectivity index (χ2v) is 6.75. The second-order valence-electron chi connectivity index (χ2n) is 5.49. The van der Waals surface area contributed by atoms with E-state index in [9.17, 15) is 4.79 Å². The summed E-state index contributed by atoms with van der Waals surface area (Å²) in [5.41, 5.74) is 7.07. The van der Waals surface area contributed by atoms with Gasteiger partial charge in [0, 0.05) is 24.0 Å². The van der Waals surface area contributed by atoms with E-state index >= 15 is 0 Å². The van der Waals surface area contributed by atoms with Crippen LogP contribution in [0.1, 0.15) is 23.3 Å². The highest BCUT2D eigenvalue weighted by molar-refractivity contribution is 7.13. The normalized spacial score (nSPS) is 16.0. The Kier molecular flexibility index (Phi) is 4.76. The number of hydrogen-bond acceptors (Lipinski definition) is 4. The van der Waals surface area contributed by atoms with Crippen molar-refractivity contribution >= 4 is 28.8 Å². The van der Waals surface area contributed by atoms with Gasteiger partial charge in [0.1, 0.15) is 10.7 Å². The van der Waals surface area contributed by atoms with Crippen LogP contribution in [0, 0.1) is 5.92 Å². The standard InChI is InChI=1S/C16H18ClN3OS/c17-13-4-2-1-3-12(13)15-19-14(10-22-15)16(21)20-7-5-11(9-18)6-8-20/h1-4,10-11H,5-9,18H2. The summed E-state index contributed by atoms with van der Waals surface area (Å²) in [4.78, 5) is 18.9. The predicted molar refractivity (Wildman–Crippen MR) is 90.2 cm³/mol. The van der Waals surface area contributed by atoms with Crippen molar-refractivity contribution in [1.29, 1.82) is 0 Å². The van der Waals surface area contributed by atoms with Gasteiger partial charge in [0.2, 0.25) is 0 Å². The van der Waals surface area contributed by atoms with Crippen LogP contribution in [-0.2, 0) is 0 Å². The Hall–Kier alpha value is -1.43. The summed E-state index contributed by atoms with van der Waals surface area (Å²) >= 11 is 7.64. The lowest BCUT2D eigenvalue weighted by Crippen LogP contribution is -2.40. The number of carbonyl (C=O) groups is 1. The lowest BCUT2D eigenvalue weighted by molar-refractivity contribution is 0.0688. The van der Waals surface area contributed by atoms with Crippen molar-refractivity contribution in [3.63, 3.8) is 0 Å². The molecule has 0 saturated carbocycles. The summed E-state index contributed by atoms with van der Waals surface area (Å²) < 4.78 is 0. The fourth-order valence-electron chi connectivity index (χ4n) is 2.66. The third-order valence-corrected chi connectivity index (χ3v) is 5.27. The average Bonchev–Trinajstić information content (AvgIpc) is 3.04. The molecular weight excluding hydrogens is 318 g/mol. The zero-order chi connectivity index (χ0) is 15.5. The second kappa shape index (κ2) is 6.77. The lowest BCUT2D eigenvalue weighted by atomic mass is 9.97. The fraction of sp³-hybridized carbons (Fsp3) is 0.375. The number of likely N-dealkylation sites (tertiary alicyclic amines) is 1. The van der Waals surface area contributed by atoms with Crippen molar-refractivity contribution < 1.29 is 4.79 Å². The molecule has 2 heterocycles. The van der Waals surface area contributed by atoms with Gasteiger partial charge in [-0.15, -0.1) is 11.3 Å². The van der Waals surface area contributed by atoms with Gasteiger partial charge in [-0.2, -0.15) is 0 Å². The van der Waals surface area contributed by atoms with Gasteiger partial charge in [-0.3, -0.25) is 4.79 Å². The highest BCUT2D eigenvalue weighted by atomic mass is 35.5. The Bertz CT molecular complexity index is 665. The Morgan fingerprint density at radius 1 is 1.36 bits per heavy atom. The maximum Gasteiger partial charge on any atom is 0.273 e. The quantitative estimate of drug-likeness (QED) is 0.936. The molecule has 22 heavy (non-hydrogen) atoms. The summed E-state index contributed by atoms with van der Waals surface area (Å²) in [5, 5.41) is 3.25. The highest BCUT2D eigenvalue weighted by Gasteiger charge is 2.24. The predicted octanol–water partition coefficient (Wildman–Crippen LogP) is 3.27. The third-order valence-electron chi connectivity index (χ3n) is 4.06. The monoisotopic (exact) mass is 335 g/mol. The molecule has 3 rings (SSSR count). The maximum atomic E-state index is 12.5. The van der Waals surface area contributed by atoms with Crippen molar-refractivity contribution in [2.24, 2.45) is 11.7 Å². The van der Waals surface area contributed by atoms with Crippen LogP contribution in [0.3, 0.4) is 0 Å². The Labute approximate surface area is 138 Å². The van der Waals surface area contributed by atoms with Crippen molar-refractivity contribution in [2.45, 2.75) is 12.8 Å². The number of aromatic nitrogens is 1. The SMILES string of the molecule is NCC1CCN(C(=O)c2csc(-c3ccccc3Cl)n2)CC1. The van der Waals surface area contributed by atoms with E-state index in [0.29, 0.717) is 23.2 Å². The zero-order valence-corrected chi connectivity index (χ0v) is 13.7. The molecule has 0 radical (unpaired) electrons. The molecule has 1 aromatic heterocycles. The van der Waals surface area contributed by atoms with Gasteiger partial charge < -0.3 is 10.6 Å². The number of nitrogens with two attached hydrogens (primary N) is 1. The van der Waals surface area contributed by atoms with Crippen LogP contribution in [0.4, 0.5) is 0 Å². The topological polar surface area (TPSA) is 59.2 Å². The molecule has 2 N–H and O–H groups in total. The molecule has 0 unspecified atom stereocenters. The van der Waals surface area contributed by atoms with E-state index in [1.807, 2.05) is 34.5 Å². The average molecular weight is 336 g/mol. The number of carbonyl (C=O) groups excluding carboxylic acids is 1. The van der Waals surface area contributed by atoms with Gasteiger partial charge in [-0.05, 0) is 31.4 Å². The smallest absolute Gasteiger partial charge is 0.273 e. The molecule has 1 aliphatic heterocycles. The van der Waals surface area contributed by atoms with Gasteiger partial charge >= 0.3 is 0 Å². The molecule has 1 saturated heterocycles. The first-order valence-corrected chi connectivity index (χ1v) is 8.64. The molecule has 1 aliphatic rings. The van der Waals surface area contributed by atoms with Crippen LogP contribution in [0.25, 0.3) is 10.6 Å². The minimum Gasteiger partial charge on any atom is -0.337 e. The summed E-state index contributed by atoms with van der Waals surface area (Å²) in [6.45, 7) is 2.23. The summed E-state index contributed by atoms with van der Waals surface area (Å²) in [5.74, 6) is 0.545. The molecule has 1 aromatic carbocycles. The number of halogens is 1. The number of amides is 1. The van der Waals surface area contributed by atoms with Crippen LogP contribution < -0.4 is 5.73 Å². The minimum atomic E-state index is 0.00465. The van der Waals surface area contributed by atoms with Crippen LogP contribution in [0.2, 0.25) is 5.02 Å². The first kappa shape index (κ1) is 15.5. The first-order valence-electron chi connectivity index (χ1n) is 7.39. The number of piperidine rings is 1. The van der Waals surface area contributed by atoms with Crippen LogP contribution in [-0.4, -0.2) is 35.4 Å². The summed E-state index contributed by atoms with van der Waals surface area (Å²) in [6.07, 6.45) is 1.95. The van der Waals surface area contributed by atoms with Crippen molar-refractivity contribution in [3.8, 4) is 10.6 Å².